The van der Waals surface area contributed by atoms with Crippen molar-refractivity contribution in [1.82, 2.24) is 15.1 Å². The number of benzene rings is 2. The van der Waals surface area contributed by atoms with Crippen molar-refractivity contribution in [3.8, 4) is 5.75 Å². The first kappa shape index (κ1) is 23.8. The van der Waals surface area contributed by atoms with E-state index in [9.17, 15) is 9.59 Å². The molecule has 0 bridgehead atoms. The average Bonchev–Trinajstić information content (AvgIpc) is 2.87. The normalized spacial score (nSPS) is 18.3. The molecule has 0 aliphatic carbocycles. The highest BCUT2D eigenvalue weighted by Crippen LogP contribution is 2.20. The number of piperazine rings is 2. The molecule has 0 aromatic heterocycles. The van der Waals surface area contributed by atoms with Crippen LogP contribution in [0.25, 0.3) is 0 Å². The monoisotopic (exact) mass is 481 g/mol. The van der Waals surface area contributed by atoms with E-state index >= 15 is 0 Å². The number of hydrogen-bond acceptors (Lipinski definition) is 5. The fourth-order valence-electron chi connectivity index (χ4n) is 4.30. The molecule has 2 aromatic rings. The maximum absolute atomic E-state index is 13.1. The van der Waals surface area contributed by atoms with Gasteiger partial charge in [-0.3, -0.25) is 9.59 Å². The van der Waals surface area contributed by atoms with E-state index in [1.165, 1.54) is 0 Å². The van der Waals surface area contributed by atoms with Gasteiger partial charge in [-0.25, -0.2) is 0 Å². The summed E-state index contributed by atoms with van der Waals surface area (Å²) in [6.45, 7) is 6.40. The summed E-state index contributed by atoms with van der Waals surface area (Å²) in [5.74, 6) is 0.592. The molecule has 2 amide bonds. The molecular formula is C25H31N5O3S. The van der Waals surface area contributed by atoms with E-state index < -0.39 is 6.04 Å². The second kappa shape index (κ2) is 11.2. The van der Waals surface area contributed by atoms with Gasteiger partial charge < -0.3 is 30.1 Å². The Balaban J connectivity index is 1.35. The van der Waals surface area contributed by atoms with Crippen molar-refractivity contribution >= 4 is 40.5 Å². The van der Waals surface area contributed by atoms with Crippen molar-refractivity contribution in [1.29, 1.82) is 0 Å². The molecule has 2 heterocycles. The van der Waals surface area contributed by atoms with E-state index in [0.717, 1.165) is 30.2 Å². The first-order valence-electron chi connectivity index (χ1n) is 11.7. The Morgan fingerprint density at radius 2 is 1.76 bits per heavy atom. The van der Waals surface area contributed by atoms with Crippen molar-refractivity contribution in [3.05, 3.63) is 54.6 Å². The van der Waals surface area contributed by atoms with E-state index in [1.807, 2.05) is 59.2 Å². The highest BCUT2D eigenvalue weighted by Gasteiger charge is 2.35. The van der Waals surface area contributed by atoms with Crippen LogP contribution < -0.4 is 20.3 Å². The van der Waals surface area contributed by atoms with Crippen LogP contribution in [0.15, 0.2) is 54.6 Å². The number of rotatable bonds is 6. The molecule has 0 spiro atoms. The molecule has 0 saturated carbocycles. The van der Waals surface area contributed by atoms with E-state index in [0.29, 0.717) is 37.9 Å². The van der Waals surface area contributed by atoms with Crippen LogP contribution in [-0.4, -0.2) is 78.6 Å². The first-order valence-corrected chi connectivity index (χ1v) is 12.1. The van der Waals surface area contributed by atoms with Crippen molar-refractivity contribution in [2.75, 3.05) is 56.1 Å². The molecule has 8 nitrogen and oxygen atoms in total. The maximum Gasteiger partial charge on any atom is 0.243 e. The molecule has 2 fully saturated rings. The summed E-state index contributed by atoms with van der Waals surface area (Å²) in [5.41, 5.74) is 1.97. The molecule has 180 valence electrons. The zero-order valence-corrected chi connectivity index (χ0v) is 20.2. The Bertz CT molecular complexity index is 993. The maximum atomic E-state index is 13.1. The zero-order chi connectivity index (χ0) is 23.9. The number of thiocarbonyl (C=S) groups is 1. The average molecular weight is 482 g/mol. The van der Waals surface area contributed by atoms with Gasteiger partial charge in [-0.2, -0.15) is 0 Å². The third kappa shape index (κ3) is 5.77. The Morgan fingerprint density at radius 3 is 2.44 bits per heavy atom. The zero-order valence-electron chi connectivity index (χ0n) is 19.4. The SMILES string of the molecule is CCOc1ccc(NC(=S)N2CCNC(=O)[C@H]2CC(=O)N2CCN(c3ccccc3)CC2)cc1. The fourth-order valence-corrected chi connectivity index (χ4v) is 4.64. The summed E-state index contributed by atoms with van der Waals surface area (Å²) in [6, 6.07) is 17.1. The third-order valence-corrected chi connectivity index (χ3v) is 6.47. The predicted molar refractivity (Wildman–Crippen MR) is 137 cm³/mol. The minimum atomic E-state index is -0.629. The van der Waals surface area contributed by atoms with Crippen molar-refractivity contribution < 1.29 is 14.3 Å². The highest BCUT2D eigenvalue weighted by atomic mass is 32.1. The molecule has 2 N–H and O–H groups in total. The second-order valence-electron chi connectivity index (χ2n) is 8.30. The Kier molecular flexibility index (Phi) is 7.84. The predicted octanol–water partition coefficient (Wildman–Crippen LogP) is 2.32. The summed E-state index contributed by atoms with van der Waals surface area (Å²) in [5, 5.41) is 6.51. The third-order valence-electron chi connectivity index (χ3n) is 6.13. The topological polar surface area (TPSA) is 77.1 Å². The molecule has 1 atom stereocenters. The van der Waals surface area contributed by atoms with Crippen molar-refractivity contribution in [2.45, 2.75) is 19.4 Å². The number of ether oxygens (including phenoxy) is 1. The van der Waals surface area contributed by atoms with Gasteiger partial charge in [0.2, 0.25) is 11.8 Å². The molecule has 2 aromatic carbocycles. The van der Waals surface area contributed by atoms with Gasteiger partial charge in [0.05, 0.1) is 13.0 Å². The molecule has 2 aliphatic heterocycles. The van der Waals surface area contributed by atoms with Crippen LogP contribution in [-0.2, 0) is 9.59 Å². The van der Waals surface area contributed by atoms with Gasteiger partial charge in [-0.05, 0) is 55.5 Å². The van der Waals surface area contributed by atoms with Crippen molar-refractivity contribution in [3.63, 3.8) is 0 Å². The van der Waals surface area contributed by atoms with E-state index in [4.69, 9.17) is 17.0 Å². The molecule has 9 heteroatoms. The lowest BCUT2D eigenvalue weighted by molar-refractivity contribution is -0.137. The van der Waals surface area contributed by atoms with Crippen LogP contribution in [0, 0.1) is 0 Å². The summed E-state index contributed by atoms with van der Waals surface area (Å²) < 4.78 is 5.48. The van der Waals surface area contributed by atoms with Gasteiger partial charge in [-0.1, -0.05) is 18.2 Å². The number of hydrogen-bond donors (Lipinski definition) is 2. The summed E-state index contributed by atoms with van der Waals surface area (Å²) in [7, 11) is 0. The Hall–Kier alpha value is -3.33. The van der Waals surface area contributed by atoms with Gasteiger partial charge in [0, 0.05) is 50.6 Å². The first-order chi connectivity index (χ1) is 16.5. The highest BCUT2D eigenvalue weighted by molar-refractivity contribution is 7.80. The minimum absolute atomic E-state index is 0.0244. The standard InChI is InChI=1S/C25H31N5O3S/c1-2-33-21-10-8-19(9-11-21)27-25(34)30-13-12-26-24(32)22(30)18-23(31)29-16-14-28(15-17-29)20-6-4-3-5-7-20/h3-11,22H,2,12-18H2,1H3,(H,26,32)(H,27,34)/t22-/m1/s1. The lowest BCUT2D eigenvalue weighted by Gasteiger charge is -2.39. The van der Waals surface area contributed by atoms with E-state index in [1.54, 1.807) is 0 Å². The number of nitrogens with zero attached hydrogens (tertiary/aromatic N) is 3. The second-order valence-corrected chi connectivity index (χ2v) is 8.68. The Morgan fingerprint density at radius 1 is 1.06 bits per heavy atom. The minimum Gasteiger partial charge on any atom is -0.494 e. The van der Waals surface area contributed by atoms with Gasteiger partial charge >= 0.3 is 0 Å². The molecule has 34 heavy (non-hydrogen) atoms. The molecular weight excluding hydrogens is 450 g/mol. The van der Waals surface area contributed by atoms with Gasteiger partial charge in [0.1, 0.15) is 11.8 Å². The van der Waals surface area contributed by atoms with E-state index in [-0.39, 0.29) is 18.2 Å². The molecule has 0 unspecified atom stereocenters. The van der Waals surface area contributed by atoms with Crippen LogP contribution in [0.1, 0.15) is 13.3 Å². The van der Waals surface area contributed by atoms with Crippen LogP contribution in [0.4, 0.5) is 11.4 Å². The number of carbonyl (C=O) groups is 2. The number of carbonyl (C=O) groups excluding carboxylic acids is 2. The van der Waals surface area contributed by atoms with Gasteiger partial charge in [0.15, 0.2) is 5.11 Å². The molecule has 0 radical (unpaired) electrons. The van der Waals surface area contributed by atoms with Crippen molar-refractivity contribution in [2.24, 2.45) is 0 Å². The van der Waals surface area contributed by atoms with Gasteiger partial charge in [0.25, 0.3) is 0 Å². The lowest BCUT2D eigenvalue weighted by atomic mass is 10.1. The molecule has 4 rings (SSSR count). The smallest absolute Gasteiger partial charge is 0.243 e. The molecule has 2 saturated heterocycles. The number of nitrogens with one attached hydrogen (secondary N) is 2. The van der Waals surface area contributed by atoms with Gasteiger partial charge in [-0.15, -0.1) is 0 Å². The van der Waals surface area contributed by atoms with Crippen LogP contribution >= 0.6 is 12.2 Å². The summed E-state index contributed by atoms with van der Waals surface area (Å²) >= 11 is 5.62. The Labute approximate surface area is 205 Å². The van der Waals surface area contributed by atoms with E-state index in [2.05, 4.69) is 27.7 Å². The van der Waals surface area contributed by atoms with Crippen LogP contribution in [0.3, 0.4) is 0 Å². The largest absolute Gasteiger partial charge is 0.494 e. The quantitative estimate of drug-likeness (QED) is 0.613. The number of para-hydroxylation sites is 1. The van der Waals surface area contributed by atoms with Crippen LogP contribution in [0.2, 0.25) is 0 Å². The fraction of sp³-hybridized carbons (Fsp3) is 0.400. The summed E-state index contributed by atoms with van der Waals surface area (Å²) in [4.78, 5) is 31.8. The number of amides is 2. The number of anilines is 2. The van der Waals surface area contributed by atoms with Crippen LogP contribution in [0.5, 0.6) is 5.75 Å². The summed E-state index contributed by atoms with van der Waals surface area (Å²) in [6.07, 6.45) is 0.0995. The molecule has 2 aliphatic rings. The lowest BCUT2D eigenvalue weighted by Crippen LogP contribution is -2.60.